The summed E-state index contributed by atoms with van der Waals surface area (Å²) in [6, 6.07) is 0. The van der Waals surface area contributed by atoms with Gasteiger partial charge in [0.2, 0.25) is 0 Å². The number of hydrogen-bond donors (Lipinski definition) is 1. The topological polar surface area (TPSA) is 76.3 Å². The summed E-state index contributed by atoms with van der Waals surface area (Å²) in [5.41, 5.74) is 0. The highest BCUT2D eigenvalue weighted by atomic mass is 16.8. The lowest BCUT2D eigenvalue weighted by Crippen LogP contribution is -2.39. The van der Waals surface area contributed by atoms with Gasteiger partial charge in [0.1, 0.15) is 12.2 Å². The van der Waals surface area contributed by atoms with Crippen molar-refractivity contribution in [3.63, 3.8) is 0 Å². The third-order valence-electron chi connectivity index (χ3n) is 2.68. The van der Waals surface area contributed by atoms with E-state index in [0.717, 1.165) is 0 Å². The molecule has 3 aliphatic rings. The van der Waals surface area contributed by atoms with Gasteiger partial charge in [-0.1, -0.05) is 0 Å². The molecule has 0 spiro atoms. The van der Waals surface area contributed by atoms with Gasteiger partial charge in [-0.2, -0.15) is 0 Å². The Balaban J connectivity index is 1.46. The van der Waals surface area contributed by atoms with Crippen LogP contribution in [0.25, 0.3) is 0 Å². The van der Waals surface area contributed by atoms with Crippen molar-refractivity contribution in [3.8, 4) is 0 Å². The van der Waals surface area contributed by atoms with Gasteiger partial charge in [0.05, 0.1) is 45.6 Å². The van der Waals surface area contributed by atoms with E-state index in [1.54, 1.807) is 0 Å². The first-order chi connectivity index (χ1) is 7.73. The molecule has 1 N–H and O–H groups in total. The molecule has 3 rings (SSSR count). The molecule has 3 aliphatic heterocycles. The third kappa shape index (κ3) is 3.38. The first kappa shape index (κ1) is 10.9. The molecular formula is C10H16O6. The van der Waals surface area contributed by atoms with Gasteiger partial charge in [-0.3, -0.25) is 0 Å². The van der Waals surface area contributed by atoms with Gasteiger partial charge in [-0.05, 0) is 0 Å². The summed E-state index contributed by atoms with van der Waals surface area (Å²) in [7, 11) is 0. The second kappa shape index (κ2) is 4.21. The molecule has 0 aliphatic carbocycles. The second-order valence-electron chi connectivity index (χ2n) is 4.40. The van der Waals surface area contributed by atoms with Crippen LogP contribution in [-0.4, -0.2) is 62.4 Å². The largest absolute Gasteiger partial charge is 0.373 e. The predicted molar refractivity (Wildman–Crippen MR) is 50.7 cm³/mol. The zero-order valence-electron chi connectivity index (χ0n) is 8.96. The van der Waals surface area contributed by atoms with Crippen molar-refractivity contribution in [2.24, 2.45) is 0 Å². The molecule has 6 nitrogen and oxygen atoms in total. The Morgan fingerprint density at radius 1 is 0.938 bits per heavy atom. The minimum absolute atomic E-state index is 0.0465. The van der Waals surface area contributed by atoms with Gasteiger partial charge in [-0.15, -0.1) is 0 Å². The first-order valence-electron chi connectivity index (χ1n) is 5.59. The SMILES string of the molecule is OC(CC1CO1)(OCC1CO1)OCC1CO1. The maximum Gasteiger partial charge on any atom is 0.283 e. The highest BCUT2D eigenvalue weighted by molar-refractivity contribution is 4.77. The van der Waals surface area contributed by atoms with E-state index in [1.165, 1.54) is 0 Å². The van der Waals surface area contributed by atoms with Crippen LogP contribution in [0.15, 0.2) is 0 Å². The van der Waals surface area contributed by atoms with Crippen LogP contribution in [0.5, 0.6) is 0 Å². The van der Waals surface area contributed by atoms with Crippen molar-refractivity contribution in [2.75, 3.05) is 33.0 Å². The van der Waals surface area contributed by atoms with Gasteiger partial charge >= 0.3 is 0 Å². The van der Waals surface area contributed by atoms with Crippen LogP contribution in [0.4, 0.5) is 0 Å². The number of aliphatic hydroxyl groups is 1. The van der Waals surface area contributed by atoms with Crippen molar-refractivity contribution >= 4 is 0 Å². The Kier molecular flexibility index (Phi) is 2.87. The molecule has 0 aromatic carbocycles. The van der Waals surface area contributed by atoms with Crippen molar-refractivity contribution in [2.45, 2.75) is 30.7 Å². The van der Waals surface area contributed by atoms with Crippen LogP contribution in [0.3, 0.4) is 0 Å². The van der Waals surface area contributed by atoms with Gasteiger partial charge in [0.25, 0.3) is 5.97 Å². The van der Waals surface area contributed by atoms with Gasteiger partial charge in [0, 0.05) is 0 Å². The molecule has 3 fully saturated rings. The molecular weight excluding hydrogens is 216 g/mol. The van der Waals surface area contributed by atoms with Crippen molar-refractivity contribution in [3.05, 3.63) is 0 Å². The molecule has 0 radical (unpaired) electrons. The summed E-state index contributed by atoms with van der Waals surface area (Å²) in [4.78, 5) is 0. The fourth-order valence-electron chi connectivity index (χ4n) is 1.41. The molecule has 3 saturated heterocycles. The molecule has 3 unspecified atom stereocenters. The molecule has 0 bridgehead atoms. The summed E-state index contributed by atoms with van der Waals surface area (Å²) in [5.74, 6) is -1.56. The molecule has 0 aromatic heterocycles. The van der Waals surface area contributed by atoms with E-state index in [2.05, 4.69) is 0 Å². The predicted octanol–water partition coefficient (Wildman–Crippen LogP) is -0.748. The molecule has 0 saturated carbocycles. The number of epoxide rings is 3. The van der Waals surface area contributed by atoms with E-state index in [1.807, 2.05) is 0 Å². The normalized spacial score (nSPS) is 39.2. The zero-order valence-corrected chi connectivity index (χ0v) is 8.96. The maximum absolute atomic E-state index is 10.1. The lowest BCUT2D eigenvalue weighted by Gasteiger charge is -2.27. The van der Waals surface area contributed by atoms with Crippen LogP contribution in [0.2, 0.25) is 0 Å². The molecule has 6 heteroatoms. The Hall–Kier alpha value is -0.240. The fraction of sp³-hybridized carbons (Fsp3) is 1.00. The summed E-state index contributed by atoms with van der Waals surface area (Å²) in [6.45, 7) is 2.77. The fourth-order valence-corrected chi connectivity index (χ4v) is 1.41. The molecule has 92 valence electrons. The zero-order chi connectivity index (χ0) is 11.0. The molecule has 16 heavy (non-hydrogen) atoms. The van der Waals surface area contributed by atoms with E-state index < -0.39 is 5.97 Å². The van der Waals surface area contributed by atoms with Crippen LogP contribution in [0.1, 0.15) is 6.42 Å². The average molecular weight is 232 g/mol. The smallest absolute Gasteiger partial charge is 0.283 e. The van der Waals surface area contributed by atoms with Crippen molar-refractivity contribution < 1.29 is 28.8 Å². The minimum Gasteiger partial charge on any atom is -0.373 e. The Labute approximate surface area is 93.4 Å². The van der Waals surface area contributed by atoms with E-state index >= 15 is 0 Å². The Morgan fingerprint density at radius 3 is 1.75 bits per heavy atom. The summed E-state index contributed by atoms with van der Waals surface area (Å²) < 4.78 is 25.8. The Morgan fingerprint density at radius 2 is 1.38 bits per heavy atom. The first-order valence-corrected chi connectivity index (χ1v) is 5.59. The average Bonchev–Trinajstić information content (AvgIpc) is 3.13. The summed E-state index contributed by atoms with van der Waals surface area (Å²) >= 11 is 0. The molecule has 0 aromatic rings. The van der Waals surface area contributed by atoms with Crippen LogP contribution in [-0.2, 0) is 23.7 Å². The van der Waals surface area contributed by atoms with Gasteiger partial charge in [-0.25, -0.2) is 0 Å². The highest BCUT2D eigenvalue weighted by Crippen LogP contribution is 2.27. The minimum atomic E-state index is -1.56. The number of ether oxygens (including phenoxy) is 5. The Bertz CT molecular complexity index is 230. The lowest BCUT2D eigenvalue weighted by atomic mass is 10.3. The van der Waals surface area contributed by atoms with E-state index in [-0.39, 0.29) is 18.3 Å². The number of rotatable bonds is 8. The summed E-state index contributed by atoms with van der Waals surface area (Å²) in [6.07, 6.45) is 0.594. The number of hydrogen-bond acceptors (Lipinski definition) is 6. The molecule has 3 heterocycles. The monoisotopic (exact) mass is 232 g/mol. The molecule has 3 atom stereocenters. The maximum atomic E-state index is 10.1. The molecule has 0 amide bonds. The second-order valence-corrected chi connectivity index (χ2v) is 4.40. The van der Waals surface area contributed by atoms with Gasteiger partial charge in [0.15, 0.2) is 0 Å². The standard InChI is InChI=1S/C10H16O6/c11-10(1-7-2-12-7,15-5-8-3-13-8)16-6-9-4-14-9/h7-9,11H,1-6H2. The lowest BCUT2D eigenvalue weighted by molar-refractivity contribution is -0.365. The van der Waals surface area contributed by atoms with Gasteiger partial charge < -0.3 is 28.8 Å². The quantitative estimate of drug-likeness (QED) is 0.438. The van der Waals surface area contributed by atoms with E-state index in [9.17, 15) is 5.11 Å². The van der Waals surface area contributed by atoms with Crippen molar-refractivity contribution in [1.29, 1.82) is 0 Å². The highest BCUT2D eigenvalue weighted by Gasteiger charge is 2.41. The van der Waals surface area contributed by atoms with Crippen LogP contribution >= 0.6 is 0 Å². The van der Waals surface area contributed by atoms with Crippen LogP contribution in [0, 0.1) is 0 Å². The summed E-state index contributed by atoms with van der Waals surface area (Å²) in [5, 5.41) is 10.1. The van der Waals surface area contributed by atoms with Crippen LogP contribution < -0.4 is 0 Å². The third-order valence-corrected chi connectivity index (χ3v) is 2.68. The van der Waals surface area contributed by atoms with E-state index in [4.69, 9.17) is 23.7 Å². The van der Waals surface area contributed by atoms with E-state index in [0.29, 0.717) is 39.5 Å². The van der Waals surface area contributed by atoms with Crippen molar-refractivity contribution in [1.82, 2.24) is 0 Å².